The van der Waals surface area contributed by atoms with Crippen molar-refractivity contribution < 1.29 is 14.6 Å². The van der Waals surface area contributed by atoms with Gasteiger partial charge in [-0.2, -0.15) is 10.4 Å². The first-order valence-electron chi connectivity index (χ1n) is 13.7. The number of rotatable bonds is 8. The molecule has 11 heteroatoms. The molecule has 0 saturated carbocycles. The molecule has 3 aromatic heterocycles. The van der Waals surface area contributed by atoms with Crippen LogP contribution in [0.4, 0.5) is 5.82 Å². The van der Waals surface area contributed by atoms with Crippen LogP contribution in [0.25, 0.3) is 11.4 Å². The van der Waals surface area contributed by atoms with Gasteiger partial charge in [0.05, 0.1) is 30.2 Å². The first-order valence-corrected chi connectivity index (χ1v) is 13.7. The molecule has 3 saturated heterocycles. The first-order chi connectivity index (χ1) is 19.8. The van der Waals surface area contributed by atoms with Crippen molar-refractivity contribution in [2.45, 2.75) is 50.9 Å². The number of anilines is 1. The lowest BCUT2D eigenvalue weighted by Crippen LogP contribution is -2.68. The zero-order valence-electron chi connectivity index (χ0n) is 23.4. The fourth-order valence-electron chi connectivity index (χ4n) is 5.83. The summed E-state index contributed by atoms with van der Waals surface area (Å²) >= 11 is 0. The van der Waals surface area contributed by atoms with Gasteiger partial charge in [-0.15, -0.1) is 0 Å². The van der Waals surface area contributed by atoms with Crippen LogP contribution >= 0.6 is 0 Å². The smallest absolute Gasteiger partial charge is 0.221 e. The Morgan fingerprint density at radius 1 is 1.12 bits per heavy atom. The lowest BCUT2D eigenvalue weighted by Gasteiger charge is -2.56. The van der Waals surface area contributed by atoms with Crippen LogP contribution in [-0.4, -0.2) is 85.0 Å². The van der Waals surface area contributed by atoms with Gasteiger partial charge in [0.2, 0.25) is 11.7 Å². The minimum atomic E-state index is -0.913. The average molecular weight is 553 g/mol. The van der Waals surface area contributed by atoms with Crippen molar-refractivity contribution in [3.05, 3.63) is 71.4 Å². The molecule has 1 N–H and O–H groups in total. The number of hydrogen-bond donors (Lipinski definition) is 1. The molecule has 2 atom stereocenters. The highest BCUT2D eigenvalue weighted by Gasteiger charge is 2.44. The molecule has 4 aliphatic heterocycles. The highest BCUT2D eigenvalue weighted by molar-refractivity contribution is 5.89. The van der Waals surface area contributed by atoms with Crippen molar-refractivity contribution in [1.82, 2.24) is 29.5 Å². The zero-order valence-corrected chi connectivity index (χ0v) is 23.4. The van der Waals surface area contributed by atoms with Crippen LogP contribution in [0.3, 0.4) is 0 Å². The zero-order chi connectivity index (χ0) is 28.7. The molecule has 0 radical (unpaired) electrons. The second-order valence-electron chi connectivity index (χ2n) is 11.4. The van der Waals surface area contributed by atoms with E-state index in [1.807, 2.05) is 42.7 Å². The van der Waals surface area contributed by atoms with E-state index in [1.54, 1.807) is 25.9 Å². The summed E-state index contributed by atoms with van der Waals surface area (Å²) < 4.78 is 6.62. The van der Waals surface area contributed by atoms with E-state index in [0.29, 0.717) is 42.2 Å². The molecular formula is C30H32N8O3. The van der Waals surface area contributed by atoms with Gasteiger partial charge in [-0.3, -0.25) is 4.90 Å². The molecule has 3 aromatic rings. The summed E-state index contributed by atoms with van der Waals surface area (Å²) in [7, 11) is 1.62. The molecule has 0 spiro atoms. The number of hydrogen-bond acceptors (Lipinski definition) is 10. The van der Waals surface area contributed by atoms with Gasteiger partial charge < -0.3 is 19.6 Å². The number of carbonyl (C=O) groups excluding carboxylic acids is 1. The number of fused-ring (bicyclic) bond motifs is 3. The van der Waals surface area contributed by atoms with Crippen molar-refractivity contribution in [2.24, 2.45) is 0 Å². The molecule has 4 aliphatic rings. The first kappa shape index (κ1) is 26.7. The Hall–Kier alpha value is -4.49. The SMILES string of the molecule is COc1ccc(CN2C3CC2CN(c2ccc(C4=CN(CCC(C)(C)O)C(=C=O)n5ncc(C#N)c54)cn2)C3)cn1. The normalized spacial score (nSPS) is 20.1. The number of aliphatic hydroxyl groups is 1. The Morgan fingerprint density at radius 2 is 1.93 bits per heavy atom. The minimum absolute atomic E-state index is 0.182. The van der Waals surface area contributed by atoms with Crippen LogP contribution < -0.4 is 9.64 Å². The quantitative estimate of drug-likeness (QED) is 0.417. The number of aromatic nitrogens is 4. The molecule has 2 bridgehead atoms. The second-order valence-corrected chi connectivity index (χ2v) is 11.4. The predicted octanol–water partition coefficient (Wildman–Crippen LogP) is 2.51. The molecule has 0 aliphatic carbocycles. The van der Waals surface area contributed by atoms with Crippen molar-refractivity contribution >= 4 is 23.2 Å². The van der Waals surface area contributed by atoms with Gasteiger partial charge in [-0.25, -0.2) is 19.4 Å². The van der Waals surface area contributed by atoms with Crippen LogP contribution in [0.1, 0.15) is 49.1 Å². The molecule has 0 aromatic carbocycles. The summed E-state index contributed by atoms with van der Waals surface area (Å²) in [6, 6.07) is 11.1. The van der Waals surface area contributed by atoms with Crippen LogP contribution in [0.5, 0.6) is 5.88 Å². The molecule has 7 heterocycles. The summed E-state index contributed by atoms with van der Waals surface area (Å²) in [5, 5.41) is 24.3. The predicted molar refractivity (Wildman–Crippen MR) is 152 cm³/mol. The monoisotopic (exact) mass is 552 g/mol. The number of piperidine rings is 1. The minimum Gasteiger partial charge on any atom is -0.481 e. The molecule has 11 nitrogen and oxygen atoms in total. The number of methoxy groups -OCH3 is 1. The highest BCUT2D eigenvalue weighted by atomic mass is 16.5. The Balaban J connectivity index is 1.20. The third-order valence-electron chi connectivity index (χ3n) is 8.06. The largest absolute Gasteiger partial charge is 0.481 e. The van der Waals surface area contributed by atoms with Crippen LogP contribution in [-0.2, 0) is 11.3 Å². The third kappa shape index (κ3) is 5.09. The van der Waals surface area contributed by atoms with E-state index in [9.17, 15) is 15.2 Å². The lowest BCUT2D eigenvalue weighted by molar-refractivity contribution is -0.00877. The molecule has 7 rings (SSSR count). The van der Waals surface area contributed by atoms with E-state index in [0.717, 1.165) is 36.6 Å². The van der Waals surface area contributed by atoms with Gasteiger partial charge >= 0.3 is 0 Å². The van der Waals surface area contributed by atoms with Crippen molar-refractivity contribution in [2.75, 3.05) is 31.6 Å². The van der Waals surface area contributed by atoms with E-state index in [-0.39, 0.29) is 5.82 Å². The van der Waals surface area contributed by atoms with E-state index in [2.05, 4.69) is 32.0 Å². The fourth-order valence-corrected chi connectivity index (χ4v) is 5.83. The van der Waals surface area contributed by atoms with Gasteiger partial charge in [0.15, 0.2) is 5.94 Å². The summed E-state index contributed by atoms with van der Waals surface area (Å²) in [4.78, 5) is 27.7. The molecule has 2 unspecified atom stereocenters. The van der Waals surface area contributed by atoms with Crippen LogP contribution in [0.2, 0.25) is 0 Å². The number of nitrogens with zero attached hydrogens (tertiary/aromatic N) is 8. The maximum Gasteiger partial charge on any atom is 0.221 e. The van der Waals surface area contributed by atoms with Gasteiger partial charge in [0.25, 0.3) is 0 Å². The van der Waals surface area contributed by atoms with E-state index < -0.39 is 5.60 Å². The van der Waals surface area contributed by atoms with Crippen molar-refractivity contribution in [3.63, 3.8) is 0 Å². The highest BCUT2D eigenvalue weighted by Crippen LogP contribution is 2.37. The third-order valence-corrected chi connectivity index (χ3v) is 8.06. The van der Waals surface area contributed by atoms with Crippen LogP contribution in [0.15, 0.2) is 49.1 Å². The fraction of sp³-hybridized carbons (Fsp3) is 0.400. The molecule has 0 amide bonds. The second kappa shape index (κ2) is 10.5. The van der Waals surface area contributed by atoms with Gasteiger partial charge in [0.1, 0.15) is 11.9 Å². The van der Waals surface area contributed by atoms with Crippen molar-refractivity contribution in [1.29, 1.82) is 5.26 Å². The van der Waals surface area contributed by atoms with Gasteiger partial charge in [0, 0.05) is 74.1 Å². The standard InChI is InChI=1S/C30H32N8O3/c1-30(2,40)8-9-35-18-25(29-22(11-31)14-34-38(29)28(35)19-39)21-5-6-26(32-13-21)36-16-23-10-24(17-36)37(23)15-20-4-7-27(41-3)33-12-20/h4-7,12-14,18,23-24,40H,8-10,15-17H2,1-3H3. The average Bonchev–Trinajstić information content (AvgIpc) is 3.42. The van der Waals surface area contributed by atoms with Gasteiger partial charge in [-0.05, 0) is 44.4 Å². The molecular weight excluding hydrogens is 520 g/mol. The summed E-state index contributed by atoms with van der Waals surface area (Å²) in [5.41, 5.74) is 2.69. The lowest BCUT2D eigenvalue weighted by atomic mass is 9.87. The maximum absolute atomic E-state index is 11.9. The Labute approximate surface area is 238 Å². The van der Waals surface area contributed by atoms with Crippen molar-refractivity contribution in [3.8, 4) is 11.9 Å². The number of nitriles is 1. The Morgan fingerprint density at radius 3 is 2.54 bits per heavy atom. The van der Waals surface area contributed by atoms with Gasteiger partial charge in [-0.1, -0.05) is 6.07 Å². The van der Waals surface area contributed by atoms with Crippen LogP contribution in [0, 0.1) is 11.3 Å². The maximum atomic E-state index is 11.9. The van der Waals surface area contributed by atoms with E-state index in [1.165, 1.54) is 22.9 Å². The molecule has 3 fully saturated rings. The number of pyridine rings is 2. The number of piperazine rings is 1. The number of ether oxygens (including phenoxy) is 1. The summed E-state index contributed by atoms with van der Waals surface area (Å²) in [5.74, 6) is 3.68. The molecule has 41 heavy (non-hydrogen) atoms. The summed E-state index contributed by atoms with van der Waals surface area (Å²) in [6.45, 7) is 6.50. The molecule has 210 valence electrons. The Bertz CT molecular complexity index is 1550. The van der Waals surface area contributed by atoms with E-state index in [4.69, 9.17) is 9.72 Å². The van der Waals surface area contributed by atoms with E-state index >= 15 is 0 Å². The Kier molecular flexibility index (Phi) is 6.83. The topological polar surface area (TPSA) is 124 Å². The summed E-state index contributed by atoms with van der Waals surface area (Å²) in [6.07, 6.45) is 8.57.